The Morgan fingerprint density at radius 3 is 2.88 bits per heavy atom. The van der Waals surface area contributed by atoms with Crippen molar-refractivity contribution >= 4 is 29.5 Å². The van der Waals surface area contributed by atoms with Gasteiger partial charge in [0.05, 0.1) is 0 Å². The lowest BCUT2D eigenvalue weighted by molar-refractivity contribution is 0.106. The first-order chi connectivity index (χ1) is 8.17. The van der Waals surface area contributed by atoms with Gasteiger partial charge in [0.15, 0.2) is 11.3 Å². The Bertz CT molecular complexity index is 465. The van der Waals surface area contributed by atoms with Crippen LogP contribution in [0, 0.1) is 0 Å². The fraction of sp³-hybridized carbons (Fsp3) is 0.667. The minimum absolute atomic E-state index is 0.193. The number of thioether (sulfide) groups is 2. The summed E-state index contributed by atoms with van der Waals surface area (Å²) in [6.45, 7) is 3.94. The third-order valence-corrected chi connectivity index (χ3v) is 4.10. The molecule has 6 nitrogen and oxygen atoms in total. The van der Waals surface area contributed by atoms with Crippen molar-refractivity contribution in [3.8, 4) is 0 Å². The van der Waals surface area contributed by atoms with Crippen LogP contribution in [-0.2, 0) is 0 Å². The van der Waals surface area contributed by atoms with Crippen molar-refractivity contribution in [3.05, 3.63) is 10.4 Å². The van der Waals surface area contributed by atoms with Crippen LogP contribution in [0.25, 0.3) is 0 Å². The van der Waals surface area contributed by atoms with Crippen molar-refractivity contribution in [2.45, 2.75) is 30.5 Å². The minimum Gasteiger partial charge on any atom is -0.369 e. The molecule has 2 N–H and O–H groups in total. The number of nitrogens with zero attached hydrogens (tertiary/aromatic N) is 3. The molecule has 0 fully saturated rings. The summed E-state index contributed by atoms with van der Waals surface area (Å²) in [6.07, 6.45) is -0.778. The molecule has 0 saturated carbocycles. The van der Waals surface area contributed by atoms with Crippen LogP contribution in [0.15, 0.2) is 9.82 Å². The molecule has 1 aromatic heterocycles. The molecule has 2 heterocycles. The second kappa shape index (κ2) is 5.28. The third-order valence-electron chi connectivity index (χ3n) is 2.23. The molecular formula is C9H14N4O2S2. The molecule has 0 amide bonds. The van der Waals surface area contributed by atoms with Crippen LogP contribution < -0.4 is 10.9 Å². The van der Waals surface area contributed by atoms with E-state index in [1.807, 2.05) is 13.8 Å². The van der Waals surface area contributed by atoms with Crippen molar-refractivity contribution < 1.29 is 5.11 Å². The summed E-state index contributed by atoms with van der Waals surface area (Å²) in [5.41, 5.74) is -0.343. The fourth-order valence-electron chi connectivity index (χ4n) is 1.53. The number of hydrogen-bond acceptors (Lipinski definition) is 7. The number of fused-ring (bicyclic) bond motifs is 1. The van der Waals surface area contributed by atoms with Crippen LogP contribution in [0.5, 0.6) is 0 Å². The number of aliphatic hydroxyl groups is 1. The van der Waals surface area contributed by atoms with Crippen LogP contribution >= 0.6 is 23.5 Å². The number of hydrogen-bond donors (Lipinski definition) is 2. The largest absolute Gasteiger partial charge is 0.369 e. The summed E-state index contributed by atoms with van der Waals surface area (Å²) in [5.74, 6) is 1.96. The zero-order chi connectivity index (χ0) is 12.4. The monoisotopic (exact) mass is 274 g/mol. The van der Waals surface area contributed by atoms with E-state index in [4.69, 9.17) is 0 Å². The Morgan fingerprint density at radius 2 is 2.24 bits per heavy atom. The van der Waals surface area contributed by atoms with Crippen molar-refractivity contribution in [3.63, 3.8) is 0 Å². The standard InChI is InChI=1S/C9H14N4O2S2/c1-3-16-6-5(14)10-9-11-7(17-4-2)8(15)13(9)12-6/h7-8,15H,3-4H2,1-2H3,(H,10,11,14)/t7-,8-/m1/s1. The molecule has 2 rings (SSSR count). The topological polar surface area (TPSA) is 80.0 Å². The second-order valence-corrected chi connectivity index (χ2v) is 6.03. The summed E-state index contributed by atoms with van der Waals surface area (Å²) < 4.78 is 1.38. The van der Waals surface area contributed by atoms with Crippen LogP contribution in [0.1, 0.15) is 20.1 Å². The molecule has 0 aromatic carbocycles. The molecule has 1 aliphatic heterocycles. The summed E-state index contributed by atoms with van der Waals surface area (Å²) in [6, 6.07) is 0. The van der Waals surface area contributed by atoms with Gasteiger partial charge in [-0.15, -0.1) is 11.8 Å². The molecule has 0 saturated heterocycles. The molecule has 8 heteroatoms. The van der Waals surface area contributed by atoms with E-state index in [2.05, 4.69) is 15.4 Å². The van der Waals surface area contributed by atoms with Crippen LogP contribution in [0.2, 0.25) is 0 Å². The van der Waals surface area contributed by atoms with Gasteiger partial charge in [-0.1, -0.05) is 25.6 Å². The Morgan fingerprint density at radius 1 is 1.47 bits per heavy atom. The molecule has 94 valence electrons. The van der Waals surface area contributed by atoms with E-state index in [-0.39, 0.29) is 10.9 Å². The maximum absolute atomic E-state index is 11.6. The Balaban J connectivity index is 2.32. The molecule has 17 heavy (non-hydrogen) atoms. The molecule has 0 unspecified atom stereocenters. The second-order valence-electron chi connectivity index (χ2n) is 3.36. The van der Waals surface area contributed by atoms with Gasteiger partial charge in [0, 0.05) is 0 Å². The highest BCUT2D eigenvalue weighted by atomic mass is 32.2. The van der Waals surface area contributed by atoms with E-state index in [9.17, 15) is 9.90 Å². The van der Waals surface area contributed by atoms with Gasteiger partial charge >= 0.3 is 5.56 Å². The van der Waals surface area contributed by atoms with Gasteiger partial charge in [0.2, 0.25) is 5.95 Å². The number of aliphatic hydroxyl groups excluding tert-OH is 1. The van der Waals surface area contributed by atoms with Gasteiger partial charge in [-0.3, -0.25) is 4.79 Å². The van der Waals surface area contributed by atoms with Crippen LogP contribution in [0.3, 0.4) is 0 Å². The Kier molecular flexibility index (Phi) is 3.95. The van der Waals surface area contributed by atoms with Gasteiger partial charge < -0.3 is 10.4 Å². The van der Waals surface area contributed by atoms with Gasteiger partial charge in [0.1, 0.15) is 5.37 Å². The maximum atomic E-state index is 11.6. The minimum atomic E-state index is -0.778. The van der Waals surface area contributed by atoms with Gasteiger partial charge in [-0.25, -0.2) is 4.68 Å². The van der Waals surface area contributed by atoms with E-state index in [1.54, 1.807) is 11.8 Å². The summed E-state index contributed by atoms with van der Waals surface area (Å²) in [5, 5.41) is 17.3. The van der Waals surface area contributed by atoms with Gasteiger partial charge in [-0.2, -0.15) is 10.1 Å². The Labute approximate surface area is 107 Å². The lowest BCUT2D eigenvalue weighted by Gasteiger charge is -2.12. The van der Waals surface area contributed by atoms with Gasteiger partial charge in [-0.05, 0) is 11.5 Å². The molecule has 0 radical (unpaired) electrons. The van der Waals surface area contributed by atoms with Crippen molar-refractivity contribution in [1.82, 2.24) is 14.8 Å². The van der Waals surface area contributed by atoms with Crippen molar-refractivity contribution in [1.29, 1.82) is 0 Å². The first kappa shape index (κ1) is 12.7. The average Bonchev–Trinajstić information content (AvgIpc) is 2.58. The molecule has 0 aliphatic carbocycles. The lowest BCUT2D eigenvalue weighted by atomic mass is 10.6. The predicted octanol–water partition coefficient (Wildman–Crippen LogP) is 0.746. The third kappa shape index (κ3) is 2.43. The number of anilines is 1. The highest BCUT2D eigenvalue weighted by Gasteiger charge is 2.32. The number of rotatable bonds is 4. The van der Waals surface area contributed by atoms with E-state index in [0.717, 1.165) is 11.5 Å². The fourth-order valence-corrected chi connectivity index (χ4v) is 2.95. The highest BCUT2D eigenvalue weighted by Crippen LogP contribution is 2.30. The average molecular weight is 274 g/mol. The van der Waals surface area contributed by atoms with Crippen LogP contribution in [-0.4, -0.2) is 36.8 Å². The quantitative estimate of drug-likeness (QED) is 0.784. The SMILES string of the molecule is CCSc1nn2c(nc1=O)N[C@H](SCC)[C@H]2O. The molecule has 1 aliphatic rings. The molecule has 0 spiro atoms. The normalized spacial score (nSPS) is 22.3. The maximum Gasteiger partial charge on any atom is 0.307 e. The zero-order valence-electron chi connectivity index (χ0n) is 9.58. The summed E-state index contributed by atoms with van der Waals surface area (Å²) >= 11 is 2.89. The van der Waals surface area contributed by atoms with Crippen molar-refractivity contribution in [2.24, 2.45) is 0 Å². The van der Waals surface area contributed by atoms with E-state index in [0.29, 0.717) is 11.0 Å². The summed E-state index contributed by atoms with van der Waals surface area (Å²) in [7, 11) is 0. The predicted molar refractivity (Wildman–Crippen MR) is 69.5 cm³/mol. The summed E-state index contributed by atoms with van der Waals surface area (Å²) in [4.78, 5) is 15.5. The van der Waals surface area contributed by atoms with E-state index < -0.39 is 6.23 Å². The smallest absolute Gasteiger partial charge is 0.307 e. The van der Waals surface area contributed by atoms with Crippen molar-refractivity contribution in [2.75, 3.05) is 16.8 Å². The lowest BCUT2D eigenvalue weighted by Crippen LogP contribution is -2.20. The molecule has 0 bridgehead atoms. The van der Waals surface area contributed by atoms with E-state index >= 15 is 0 Å². The van der Waals surface area contributed by atoms with Gasteiger partial charge in [0.25, 0.3) is 0 Å². The molecule has 1 aromatic rings. The molecule has 2 atom stereocenters. The number of nitrogens with one attached hydrogen (secondary N) is 1. The Hall–Kier alpha value is -0.730. The zero-order valence-corrected chi connectivity index (χ0v) is 11.2. The highest BCUT2D eigenvalue weighted by molar-refractivity contribution is 8.00. The van der Waals surface area contributed by atoms with Crippen LogP contribution in [0.4, 0.5) is 5.95 Å². The first-order valence-electron chi connectivity index (χ1n) is 5.37. The number of aromatic nitrogens is 3. The molecular weight excluding hydrogens is 260 g/mol. The van der Waals surface area contributed by atoms with E-state index in [1.165, 1.54) is 16.4 Å². The first-order valence-corrected chi connectivity index (χ1v) is 7.40.